The molecule has 0 saturated heterocycles. The topological polar surface area (TPSA) is 66.8 Å². The molecule has 112 valence electrons. The predicted molar refractivity (Wildman–Crippen MR) is 78.7 cm³/mol. The van der Waals surface area contributed by atoms with E-state index in [4.69, 9.17) is 9.84 Å². The number of phenolic OH excluding ortho intramolecular Hbond substituents is 1. The van der Waals surface area contributed by atoms with Crippen molar-refractivity contribution in [1.82, 2.24) is 0 Å². The van der Waals surface area contributed by atoms with E-state index in [0.29, 0.717) is 6.42 Å². The van der Waals surface area contributed by atoms with E-state index in [-0.39, 0.29) is 11.5 Å². The summed E-state index contributed by atoms with van der Waals surface area (Å²) in [7, 11) is 0. The Hall–Kier alpha value is -1.71. The molecule has 4 nitrogen and oxygen atoms in total. The summed E-state index contributed by atoms with van der Waals surface area (Å²) in [5.41, 5.74) is 2.67. The molecule has 1 aromatic carbocycles. The van der Waals surface area contributed by atoms with Gasteiger partial charge in [-0.3, -0.25) is 0 Å². The third-order valence-electron chi connectivity index (χ3n) is 3.40. The van der Waals surface area contributed by atoms with Crippen molar-refractivity contribution >= 4 is 6.16 Å². The van der Waals surface area contributed by atoms with Gasteiger partial charge in [-0.2, -0.15) is 0 Å². The summed E-state index contributed by atoms with van der Waals surface area (Å²) in [4.78, 5) is 10.8. The lowest BCUT2D eigenvalue weighted by Crippen LogP contribution is -2.08. The van der Waals surface area contributed by atoms with Gasteiger partial charge in [-0.1, -0.05) is 39.7 Å². The number of rotatable bonds is 7. The number of unbranched alkanes of at least 4 members (excludes halogenated alkanes) is 1. The number of ether oxygens (including phenoxy) is 1. The van der Waals surface area contributed by atoms with Crippen LogP contribution >= 0.6 is 0 Å². The van der Waals surface area contributed by atoms with Crippen molar-refractivity contribution in [1.29, 1.82) is 0 Å². The minimum Gasteiger partial charge on any atom is -0.504 e. The fraction of sp³-hybridized carbons (Fsp3) is 0.562. The summed E-state index contributed by atoms with van der Waals surface area (Å²) < 4.78 is 4.83. The zero-order valence-corrected chi connectivity index (χ0v) is 12.5. The molecule has 0 heterocycles. The lowest BCUT2D eigenvalue weighted by molar-refractivity contribution is 0.142. The molecule has 0 saturated carbocycles. The summed E-state index contributed by atoms with van der Waals surface area (Å²) in [6.45, 7) is 6.14. The lowest BCUT2D eigenvalue weighted by atomic mass is 9.94. The van der Waals surface area contributed by atoms with Crippen LogP contribution in [-0.2, 0) is 19.3 Å². The molecular weight excluding hydrogens is 256 g/mol. The van der Waals surface area contributed by atoms with Crippen LogP contribution < -0.4 is 4.74 Å². The molecule has 0 spiro atoms. The van der Waals surface area contributed by atoms with E-state index >= 15 is 0 Å². The first kappa shape index (κ1) is 16.3. The SMILES string of the molecule is CCCCc1cc(CC)c(CCC)c(O)c1OC(=O)O. The normalized spacial score (nSPS) is 10.6. The van der Waals surface area contributed by atoms with Crippen LogP contribution in [-0.4, -0.2) is 16.4 Å². The van der Waals surface area contributed by atoms with Crippen molar-refractivity contribution in [3.8, 4) is 11.5 Å². The van der Waals surface area contributed by atoms with Crippen LogP contribution in [0.15, 0.2) is 6.07 Å². The van der Waals surface area contributed by atoms with E-state index in [1.54, 1.807) is 0 Å². The Kier molecular flexibility index (Phi) is 6.36. The standard InChI is InChI=1S/C16H24O4/c1-4-7-9-12-10-11(6-3)13(8-5-2)14(17)15(12)20-16(18)19/h10,17H,4-9H2,1-3H3,(H,18,19). The maximum atomic E-state index is 10.8. The number of aryl methyl sites for hydroxylation is 2. The van der Waals surface area contributed by atoms with Gasteiger partial charge in [0.05, 0.1) is 0 Å². The fourth-order valence-electron chi connectivity index (χ4n) is 2.40. The molecule has 0 amide bonds. The molecule has 0 aromatic heterocycles. The quantitative estimate of drug-likeness (QED) is 0.577. The van der Waals surface area contributed by atoms with Gasteiger partial charge in [-0.15, -0.1) is 0 Å². The van der Waals surface area contributed by atoms with Crippen molar-refractivity contribution in [2.24, 2.45) is 0 Å². The number of benzene rings is 1. The van der Waals surface area contributed by atoms with Crippen LogP contribution in [0.25, 0.3) is 0 Å². The maximum absolute atomic E-state index is 10.8. The maximum Gasteiger partial charge on any atom is 0.511 e. The van der Waals surface area contributed by atoms with Crippen molar-refractivity contribution in [2.45, 2.75) is 59.3 Å². The van der Waals surface area contributed by atoms with E-state index in [1.165, 1.54) is 0 Å². The predicted octanol–water partition coefficient (Wildman–Crippen LogP) is 4.31. The zero-order valence-electron chi connectivity index (χ0n) is 12.5. The molecule has 0 aliphatic heterocycles. The van der Waals surface area contributed by atoms with Gasteiger partial charge >= 0.3 is 6.16 Å². The number of carbonyl (C=O) groups is 1. The van der Waals surface area contributed by atoms with Crippen molar-refractivity contribution < 1.29 is 19.7 Å². The Bertz CT molecular complexity index is 466. The van der Waals surface area contributed by atoms with Gasteiger partial charge in [0.15, 0.2) is 11.5 Å². The molecule has 2 N–H and O–H groups in total. The van der Waals surface area contributed by atoms with Crippen LogP contribution in [0.3, 0.4) is 0 Å². The average Bonchev–Trinajstić information content (AvgIpc) is 2.42. The van der Waals surface area contributed by atoms with Gasteiger partial charge in [0.25, 0.3) is 0 Å². The molecule has 20 heavy (non-hydrogen) atoms. The van der Waals surface area contributed by atoms with Gasteiger partial charge in [0, 0.05) is 5.56 Å². The first-order valence-electron chi connectivity index (χ1n) is 7.32. The van der Waals surface area contributed by atoms with Gasteiger partial charge in [0.2, 0.25) is 0 Å². The van der Waals surface area contributed by atoms with E-state index < -0.39 is 6.16 Å². The summed E-state index contributed by atoms with van der Waals surface area (Å²) in [6, 6.07) is 1.98. The van der Waals surface area contributed by atoms with Crippen molar-refractivity contribution in [3.05, 3.63) is 22.8 Å². The largest absolute Gasteiger partial charge is 0.511 e. The molecule has 1 aromatic rings. The van der Waals surface area contributed by atoms with E-state index in [0.717, 1.165) is 48.8 Å². The molecule has 0 atom stereocenters. The highest BCUT2D eigenvalue weighted by Gasteiger charge is 2.19. The van der Waals surface area contributed by atoms with Gasteiger partial charge in [-0.05, 0) is 36.8 Å². The van der Waals surface area contributed by atoms with Crippen LogP contribution in [0.5, 0.6) is 11.5 Å². The second-order valence-corrected chi connectivity index (χ2v) is 4.93. The summed E-state index contributed by atoms with van der Waals surface area (Å²) >= 11 is 0. The Morgan fingerprint density at radius 2 is 1.85 bits per heavy atom. The second-order valence-electron chi connectivity index (χ2n) is 4.93. The van der Waals surface area contributed by atoms with Crippen molar-refractivity contribution in [2.75, 3.05) is 0 Å². The Labute approximate surface area is 120 Å². The van der Waals surface area contributed by atoms with Crippen LogP contribution in [0, 0.1) is 0 Å². The van der Waals surface area contributed by atoms with Crippen LogP contribution in [0.1, 0.15) is 56.7 Å². The fourth-order valence-corrected chi connectivity index (χ4v) is 2.40. The summed E-state index contributed by atoms with van der Waals surface area (Å²) in [6.07, 6.45) is 3.70. The van der Waals surface area contributed by atoms with Crippen molar-refractivity contribution in [3.63, 3.8) is 0 Å². The smallest absolute Gasteiger partial charge is 0.504 e. The average molecular weight is 280 g/mol. The second kappa shape index (κ2) is 7.78. The number of carboxylic acid groups (broad SMARTS) is 1. The highest BCUT2D eigenvalue weighted by atomic mass is 16.7. The van der Waals surface area contributed by atoms with Crippen LogP contribution in [0.4, 0.5) is 4.79 Å². The molecule has 0 aliphatic carbocycles. The number of aromatic hydroxyl groups is 1. The molecule has 0 bridgehead atoms. The zero-order chi connectivity index (χ0) is 15.1. The minimum atomic E-state index is -1.38. The molecule has 4 heteroatoms. The van der Waals surface area contributed by atoms with E-state index in [2.05, 4.69) is 6.92 Å². The molecule has 0 fully saturated rings. The molecular formula is C16H24O4. The summed E-state index contributed by atoms with van der Waals surface area (Å²) in [5, 5.41) is 19.2. The highest BCUT2D eigenvalue weighted by molar-refractivity contribution is 5.66. The third-order valence-corrected chi connectivity index (χ3v) is 3.40. The Morgan fingerprint density at radius 1 is 1.15 bits per heavy atom. The van der Waals surface area contributed by atoms with E-state index in [9.17, 15) is 9.90 Å². The van der Waals surface area contributed by atoms with Gasteiger partial charge in [0.1, 0.15) is 0 Å². The Balaban J connectivity index is 3.32. The van der Waals surface area contributed by atoms with Crippen LogP contribution in [0.2, 0.25) is 0 Å². The molecule has 0 aliphatic rings. The molecule has 1 rings (SSSR count). The number of phenols is 1. The minimum absolute atomic E-state index is 0.000275. The molecule has 0 radical (unpaired) electrons. The van der Waals surface area contributed by atoms with E-state index in [1.807, 2.05) is 19.9 Å². The monoisotopic (exact) mass is 280 g/mol. The number of hydrogen-bond donors (Lipinski definition) is 2. The van der Waals surface area contributed by atoms with Gasteiger partial charge < -0.3 is 14.9 Å². The van der Waals surface area contributed by atoms with Gasteiger partial charge in [-0.25, -0.2) is 4.79 Å². The third kappa shape index (κ3) is 3.89. The number of hydrogen-bond acceptors (Lipinski definition) is 3. The lowest BCUT2D eigenvalue weighted by Gasteiger charge is -2.17. The Morgan fingerprint density at radius 3 is 2.35 bits per heavy atom. The first-order valence-corrected chi connectivity index (χ1v) is 7.32. The summed E-state index contributed by atoms with van der Waals surface area (Å²) in [5.74, 6) is 0.117. The molecule has 0 unspecified atom stereocenters. The first-order chi connectivity index (χ1) is 9.54. The highest BCUT2D eigenvalue weighted by Crippen LogP contribution is 2.38.